The SMILES string of the molecule is COCCOc1ccc(C(=O)N2CCOC[C@H]2C(=O)O)cc1. The maximum absolute atomic E-state index is 12.4. The number of nitrogens with zero attached hydrogens (tertiary/aromatic N) is 1. The van der Waals surface area contributed by atoms with E-state index >= 15 is 0 Å². The third-order valence-electron chi connectivity index (χ3n) is 3.33. The third kappa shape index (κ3) is 3.96. The summed E-state index contributed by atoms with van der Waals surface area (Å²) in [6.45, 7) is 1.53. The molecule has 1 atom stereocenters. The molecule has 0 spiro atoms. The van der Waals surface area contributed by atoms with E-state index in [1.165, 1.54) is 4.90 Å². The molecule has 22 heavy (non-hydrogen) atoms. The zero-order chi connectivity index (χ0) is 15.9. The summed E-state index contributed by atoms with van der Waals surface area (Å²) in [5.41, 5.74) is 0.423. The Morgan fingerprint density at radius 1 is 1.32 bits per heavy atom. The number of benzene rings is 1. The number of aliphatic carboxylic acids is 1. The van der Waals surface area contributed by atoms with Gasteiger partial charge in [0.2, 0.25) is 0 Å². The van der Waals surface area contributed by atoms with E-state index in [-0.39, 0.29) is 19.1 Å². The molecule has 0 saturated carbocycles. The van der Waals surface area contributed by atoms with Gasteiger partial charge in [-0.3, -0.25) is 4.79 Å². The number of rotatable bonds is 6. The van der Waals surface area contributed by atoms with Crippen LogP contribution in [0.1, 0.15) is 10.4 Å². The van der Waals surface area contributed by atoms with E-state index in [1.54, 1.807) is 31.4 Å². The molecule has 0 unspecified atom stereocenters. The van der Waals surface area contributed by atoms with Crippen molar-refractivity contribution in [2.75, 3.05) is 40.1 Å². The Hall–Kier alpha value is -2.12. The largest absolute Gasteiger partial charge is 0.491 e. The van der Waals surface area contributed by atoms with Crippen LogP contribution in [0, 0.1) is 0 Å². The van der Waals surface area contributed by atoms with Crippen LogP contribution in [0.15, 0.2) is 24.3 Å². The fourth-order valence-electron chi connectivity index (χ4n) is 2.15. The quantitative estimate of drug-likeness (QED) is 0.776. The van der Waals surface area contributed by atoms with Gasteiger partial charge in [-0.25, -0.2) is 4.79 Å². The number of carbonyl (C=O) groups excluding carboxylic acids is 1. The van der Waals surface area contributed by atoms with E-state index in [9.17, 15) is 9.59 Å². The number of hydrogen-bond acceptors (Lipinski definition) is 5. The van der Waals surface area contributed by atoms with Crippen molar-refractivity contribution in [3.63, 3.8) is 0 Å². The highest BCUT2D eigenvalue weighted by molar-refractivity contribution is 5.96. The molecule has 120 valence electrons. The first kappa shape index (κ1) is 16.3. The Morgan fingerprint density at radius 2 is 2.05 bits per heavy atom. The van der Waals surface area contributed by atoms with Crippen LogP contribution in [-0.2, 0) is 14.3 Å². The number of amides is 1. The van der Waals surface area contributed by atoms with Crippen LogP contribution >= 0.6 is 0 Å². The van der Waals surface area contributed by atoms with E-state index in [0.29, 0.717) is 31.1 Å². The van der Waals surface area contributed by atoms with Gasteiger partial charge in [0.1, 0.15) is 12.4 Å². The number of carboxylic acids is 1. The molecule has 1 N–H and O–H groups in total. The molecule has 0 aromatic heterocycles. The lowest BCUT2D eigenvalue weighted by Crippen LogP contribution is -2.52. The van der Waals surface area contributed by atoms with E-state index in [4.69, 9.17) is 19.3 Å². The molecule has 1 aromatic rings. The maximum Gasteiger partial charge on any atom is 0.328 e. The van der Waals surface area contributed by atoms with E-state index in [2.05, 4.69) is 0 Å². The summed E-state index contributed by atoms with van der Waals surface area (Å²) in [6, 6.07) is 5.66. The fraction of sp³-hybridized carbons (Fsp3) is 0.467. The van der Waals surface area contributed by atoms with Crippen LogP contribution < -0.4 is 4.74 Å². The molecule has 0 radical (unpaired) electrons. The van der Waals surface area contributed by atoms with Gasteiger partial charge in [-0.1, -0.05) is 0 Å². The molecule has 1 aliphatic rings. The van der Waals surface area contributed by atoms with Crippen LogP contribution in [0.3, 0.4) is 0 Å². The van der Waals surface area contributed by atoms with Gasteiger partial charge in [0, 0.05) is 19.2 Å². The van der Waals surface area contributed by atoms with Gasteiger partial charge in [-0.2, -0.15) is 0 Å². The van der Waals surface area contributed by atoms with Crippen molar-refractivity contribution in [3.8, 4) is 5.75 Å². The van der Waals surface area contributed by atoms with Gasteiger partial charge >= 0.3 is 5.97 Å². The summed E-state index contributed by atoms with van der Waals surface area (Å²) in [7, 11) is 1.59. The lowest BCUT2D eigenvalue weighted by Gasteiger charge is -2.32. The summed E-state index contributed by atoms with van der Waals surface area (Å²) in [5, 5.41) is 9.16. The highest BCUT2D eigenvalue weighted by Gasteiger charge is 2.33. The van der Waals surface area contributed by atoms with Crippen LogP contribution in [0.2, 0.25) is 0 Å². The Kier molecular flexibility index (Phi) is 5.74. The number of carbonyl (C=O) groups is 2. The number of methoxy groups -OCH3 is 1. The maximum atomic E-state index is 12.4. The Morgan fingerprint density at radius 3 is 2.68 bits per heavy atom. The molecular weight excluding hydrogens is 290 g/mol. The minimum absolute atomic E-state index is 0.0132. The molecule has 1 fully saturated rings. The topological polar surface area (TPSA) is 85.3 Å². The van der Waals surface area contributed by atoms with Gasteiger partial charge in [-0.15, -0.1) is 0 Å². The van der Waals surface area contributed by atoms with Crippen LogP contribution in [0.4, 0.5) is 0 Å². The van der Waals surface area contributed by atoms with Crippen molar-refractivity contribution >= 4 is 11.9 Å². The van der Waals surface area contributed by atoms with E-state index < -0.39 is 12.0 Å². The Bertz CT molecular complexity index is 515. The molecular formula is C15H19NO6. The first-order valence-corrected chi connectivity index (χ1v) is 6.97. The molecule has 1 aromatic carbocycles. The van der Waals surface area contributed by atoms with Crippen molar-refractivity contribution < 1.29 is 28.9 Å². The second kappa shape index (κ2) is 7.77. The smallest absolute Gasteiger partial charge is 0.328 e. The summed E-state index contributed by atoms with van der Waals surface area (Å²) < 4.78 is 15.4. The highest BCUT2D eigenvalue weighted by atomic mass is 16.5. The molecule has 1 saturated heterocycles. The average Bonchev–Trinajstić information content (AvgIpc) is 2.55. The van der Waals surface area contributed by atoms with Gasteiger partial charge < -0.3 is 24.2 Å². The number of ether oxygens (including phenoxy) is 3. The zero-order valence-corrected chi connectivity index (χ0v) is 12.4. The van der Waals surface area contributed by atoms with Crippen LogP contribution in [-0.4, -0.2) is 68.0 Å². The van der Waals surface area contributed by atoms with Crippen LogP contribution in [0.5, 0.6) is 5.75 Å². The minimum atomic E-state index is -1.06. The fourth-order valence-corrected chi connectivity index (χ4v) is 2.15. The minimum Gasteiger partial charge on any atom is -0.491 e. The summed E-state index contributed by atoms with van der Waals surface area (Å²) in [6.07, 6.45) is 0. The number of morpholine rings is 1. The Balaban J connectivity index is 2.03. The predicted octanol–water partition coefficient (Wildman–Crippen LogP) is 0.637. The first-order chi connectivity index (χ1) is 10.6. The molecule has 1 aliphatic heterocycles. The zero-order valence-electron chi connectivity index (χ0n) is 12.4. The molecule has 1 amide bonds. The van der Waals surface area contributed by atoms with Gasteiger partial charge in [0.25, 0.3) is 5.91 Å². The summed E-state index contributed by atoms with van der Waals surface area (Å²) in [5.74, 6) is -0.753. The number of hydrogen-bond donors (Lipinski definition) is 1. The standard InChI is InChI=1S/C15H19NO6/c1-20-8-9-22-12-4-2-11(3-5-12)14(17)16-6-7-21-10-13(16)15(18)19/h2-5,13H,6-10H2,1H3,(H,18,19)/t13-/m0/s1. The molecule has 0 bridgehead atoms. The molecule has 7 nitrogen and oxygen atoms in total. The van der Waals surface area contributed by atoms with Gasteiger partial charge in [0.05, 0.1) is 19.8 Å². The lowest BCUT2D eigenvalue weighted by atomic mass is 10.1. The molecule has 7 heteroatoms. The van der Waals surface area contributed by atoms with Crippen molar-refractivity contribution in [1.82, 2.24) is 4.90 Å². The highest BCUT2D eigenvalue weighted by Crippen LogP contribution is 2.16. The average molecular weight is 309 g/mol. The first-order valence-electron chi connectivity index (χ1n) is 6.97. The van der Waals surface area contributed by atoms with Gasteiger partial charge in [0.15, 0.2) is 6.04 Å². The van der Waals surface area contributed by atoms with Crippen molar-refractivity contribution in [2.45, 2.75) is 6.04 Å². The van der Waals surface area contributed by atoms with E-state index in [0.717, 1.165) is 0 Å². The van der Waals surface area contributed by atoms with E-state index in [1.807, 2.05) is 0 Å². The lowest BCUT2D eigenvalue weighted by molar-refractivity contribution is -0.147. The number of carboxylic acid groups (broad SMARTS) is 1. The van der Waals surface area contributed by atoms with Crippen molar-refractivity contribution in [3.05, 3.63) is 29.8 Å². The molecule has 0 aliphatic carbocycles. The Labute approximate surface area is 128 Å². The van der Waals surface area contributed by atoms with Gasteiger partial charge in [-0.05, 0) is 24.3 Å². The third-order valence-corrected chi connectivity index (χ3v) is 3.33. The monoisotopic (exact) mass is 309 g/mol. The van der Waals surface area contributed by atoms with Crippen molar-refractivity contribution in [2.24, 2.45) is 0 Å². The predicted molar refractivity (Wildman–Crippen MR) is 77.1 cm³/mol. The van der Waals surface area contributed by atoms with Crippen molar-refractivity contribution in [1.29, 1.82) is 0 Å². The second-order valence-corrected chi connectivity index (χ2v) is 4.79. The molecule has 1 heterocycles. The molecule has 2 rings (SSSR count). The van der Waals surface area contributed by atoms with Crippen LogP contribution in [0.25, 0.3) is 0 Å². The second-order valence-electron chi connectivity index (χ2n) is 4.79. The normalized spacial score (nSPS) is 18.0. The summed E-state index contributed by atoms with van der Waals surface area (Å²) >= 11 is 0. The summed E-state index contributed by atoms with van der Waals surface area (Å²) in [4.78, 5) is 25.0.